The lowest BCUT2D eigenvalue weighted by atomic mass is 10.1. The maximum atomic E-state index is 14.4. The predicted molar refractivity (Wildman–Crippen MR) is 275 cm³/mol. The molecule has 1 heterocycles. The van der Waals surface area contributed by atoms with Gasteiger partial charge in [-0.1, -0.05) is 92.2 Å². The van der Waals surface area contributed by atoms with E-state index in [4.69, 9.17) is 42.6 Å². The van der Waals surface area contributed by atoms with Crippen molar-refractivity contribution in [3.05, 3.63) is 70.8 Å². The number of para-hydroxylation sites is 2. The Kier molecular flexibility index (Phi) is 26.4. The van der Waals surface area contributed by atoms with Crippen LogP contribution in [0.1, 0.15) is 160 Å². The van der Waals surface area contributed by atoms with Crippen LogP contribution in [0.3, 0.4) is 0 Å². The van der Waals surface area contributed by atoms with Gasteiger partial charge in [0, 0.05) is 0 Å². The SMILES string of the molecule is CCCCOc1cccc(C(=O)N[C@H]2COC(=O)[C@@H](NC(=O)c3cccc(OCCCC)c3OCCCC)COC(=O)[C@@H](NC(=O)c3cc(C(=O)O)cc(OCCCC)c3OCCCC)COC2=O)c1OCCCC. The predicted octanol–water partition coefficient (Wildman–Crippen LogP) is 7.80. The molecule has 0 saturated carbocycles. The van der Waals surface area contributed by atoms with Gasteiger partial charge in [0.25, 0.3) is 17.7 Å². The van der Waals surface area contributed by atoms with Crippen molar-refractivity contribution in [2.75, 3.05) is 59.5 Å². The molecule has 4 N–H and O–H groups in total. The van der Waals surface area contributed by atoms with Gasteiger partial charge in [0.05, 0.1) is 61.9 Å². The van der Waals surface area contributed by atoms with Gasteiger partial charge in [-0.3, -0.25) is 14.4 Å². The largest absolute Gasteiger partial charge is 0.490 e. The van der Waals surface area contributed by atoms with Gasteiger partial charge in [-0.2, -0.15) is 0 Å². The highest BCUT2D eigenvalue weighted by atomic mass is 16.6. The number of unbranched alkanes of at least 4 members (excludes halogenated alkanes) is 6. The van der Waals surface area contributed by atoms with Crippen LogP contribution in [0.2, 0.25) is 0 Å². The molecule has 0 aliphatic carbocycles. The molecule has 20 nitrogen and oxygen atoms in total. The van der Waals surface area contributed by atoms with E-state index in [0.717, 1.165) is 57.4 Å². The summed E-state index contributed by atoms with van der Waals surface area (Å²) < 4.78 is 52.7. The highest BCUT2D eigenvalue weighted by Gasteiger charge is 2.36. The van der Waals surface area contributed by atoms with E-state index in [9.17, 15) is 38.7 Å². The fourth-order valence-corrected chi connectivity index (χ4v) is 7.01. The summed E-state index contributed by atoms with van der Waals surface area (Å²) in [5.41, 5.74) is -0.675. The van der Waals surface area contributed by atoms with Crippen LogP contribution in [-0.4, -0.2) is 124 Å². The van der Waals surface area contributed by atoms with E-state index in [1.54, 1.807) is 24.3 Å². The highest BCUT2D eigenvalue weighted by molar-refractivity contribution is 6.03. The molecule has 75 heavy (non-hydrogen) atoms. The number of carboxylic acids is 1. The molecule has 3 aromatic carbocycles. The Bertz CT molecular complexity index is 2280. The van der Waals surface area contributed by atoms with E-state index in [2.05, 4.69) is 16.0 Å². The minimum absolute atomic E-state index is 0.0133. The van der Waals surface area contributed by atoms with Crippen molar-refractivity contribution in [1.29, 1.82) is 0 Å². The molecule has 3 amide bonds. The number of nitrogens with one attached hydrogen (secondary N) is 3. The summed E-state index contributed by atoms with van der Waals surface area (Å²) >= 11 is 0. The third kappa shape index (κ3) is 18.9. The number of aromatic carboxylic acids is 1. The first kappa shape index (κ1) is 60.3. The monoisotopic (exact) mass is 1050 g/mol. The van der Waals surface area contributed by atoms with Crippen LogP contribution in [0.4, 0.5) is 0 Å². The summed E-state index contributed by atoms with van der Waals surface area (Å²) in [7, 11) is 0. The Morgan fingerprint density at radius 3 is 1.09 bits per heavy atom. The zero-order chi connectivity index (χ0) is 54.5. The van der Waals surface area contributed by atoms with E-state index in [-0.39, 0.29) is 71.7 Å². The molecule has 1 saturated heterocycles. The summed E-state index contributed by atoms with van der Waals surface area (Å²) in [5.74, 6) is -7.04. The van der Waals surface area contributed by atoms with Gasteiger partial charge in [-0.05, 0) is 74.9 Å². The molecule has 0 spiro atoms. The standard InChI is InChI=1S/C55H75N3O17/c1-7-13-25-67-43-23-19-21-37(46(43)70-28-16-10-4)49(59)56-40-33-73-53(64)41(57-50(60)38-22-20-24-44(68-26-14-8-2)47(38)71-29-17-11-5)34-74-55(66)42(35-75-54(40)65)58-51(61)39-31-36(52(62)63)32-45(69-27-15-9-3)48(39)72-30-18-12-6/h19-24,31-32,40-42H,7-18,25-30,33-35H2,1-6H3,(H,56,59)(H,57,60)(H,58,61)(H,62,63)/t40-,41-,42-/m0/s1. The fourth-order valence-electron chi connectivity index (χ4n) is 7.01. The lowest BCUT2D eigenvalue weighted by Gasteiger charge is -2.25. The smallest absolute Gasteiger partial charge is 0.335 e. The van der Waals surface area contributed by atoms with Crippen LogP contribution in [0, 0.1) is 0 Å². The molecule has 20 heteroatoms. The minimum atomic E-state index is -1.84. The number of esters is 3. The van der Waals surface area contributed by atoms with Crippen molar-refractivity contribution < 1.29 is 81.3 Å². The first-order chi connectivity index (χ1) is 36.3. The fraction of sp³-hybridized carbons (Fsp3) is 0.545. The molecule has 0 unspecified atom stereocenters. The molecule has 0 radical (unpaired) electrons. The van der Waals surface area contributed by atoms with Crippen LogP contribution in [0.25, 0.3) is 0 Å². The summed E-state index contributed by atoms with van der Waals surface area (Å²) in [6.45, 7) is 10.7. The minimum Gasteiger partial charge on any atom is -0.490 e. The molecule has 0 bridgehead atoms. The average Bonchev–Trinajstić information content (AvgIpc) is 3.40. The van der Waals surface area contributed by atoms with Gasteiger partial charge in [-0.15, -0.1) is 0 Å². The van der Waals surface area contributed by atoms with Gasteiger partial charge in [0.2, 0.25) is 0 Å². The zero-order valence-electron chi connectivity index (χ0n) is 44.2. The van der Waals surface area contributed by atoms with Crippen LogP contribution in [0.5, 0.6) is 34.5 Å². The number of carboxylic acid groups (broad SMARTS) is 1. The first-order valence-electron chi connectivity index (χ1n) is 26.2. The van der Waals surface area contributed by atoms with E-state index in [1.807, 2.05) is 41.5 Å². The van der Waals surface area contributed by atoms with Crippen molar-refractivity contribution in [1.82, 2.24) is 16.0 Å². The normalized spacial score (nSPS) is 15.9. The Morgan fingerprint density at radius 1 is 0.453 bits per heavy atom. The van der Waals surface area contributed by atoms with Crippen LogP contribution in [0.15, 0.2) is 48.5 Å². The second-order valence-electron chi connectivity index (χ2n) is 17.6. The molecular weight excluding hydrogens is 975 g/mol. The lowest BCUT2D eigenvalue weighted by Crippen LogP contribution is -2.52. The Labute approximate surface area is 439 Å². The number of rotatable bonds is 31. The second kappa shape index (κ2) is 32.8. The number of hydrogen-bond acceptors (Lipinski definition) is 16. The van der Waals surface area contributed by atoms with Crippen molar-refractivity contribution in [3.63, 3.8) is 0 Å². The van der Waals surface area contributed by atoms with Crippen LogP contribution in [-0.2, 0) is 28.6 Å². The number of carbonyl (C=O) groups excluding carboxylic acids is 6. The lowest BCUT2D eigenvalue weighted by molar-refractivity contribution is -0.160. The zero-order valence-corrected chi connectivity index (χ0v) is 44.2. The molecular formula is C55H75N3O17. The summed E-state index contributed by atoms with van der Waals surface area (Å²) in [5, 5.41) is 17.6. The van der Waals surface area contributed by atoms with E-state index in [0.29, 0.717) is 50.4 Å². The van der Waals surface area contributed by atoms with Gasteiger partial charge >= 0.3 is 23.9 Å². The molecule has 0 aromatic heterocycles. The molecule has 1 aliphatic rings. The number of cyclic esters (lactones) is 3. The molecule has 4 rings (SSSR count). The Morgan fingerprint density at radius 2 is 0.760 bits per heavy atom. The molecule has 412 valence electrons. The Hall–Kier alpha value is -7.25. The maximum absolute atomic E-state index is 14.4. The van der Waals surface area contributed by atoms with Crippen LogP contribution < -0.4 is 44.4 Å². The second-order valence-corrected chi connectivity index (χ2v) is 17.6. The Balaban J connectivity index is 1.77. The third-order valence-corrected chi connectivity index (χ3v) is 11.4. The summed E-state index contributed by atoms with van der Waals surface area (Å²) in [6.07, 6.45) is 8.68. The summed E-state index contributed by atoms with van der Waals surface area (Å²) in [4.78, 5) is 97.5. The van der Waals surface area contributed by atoms with Gasteiger partial charge in [0.1, 0.15) is 19.8 Å². The van der Waals surface area contributed by atoms with E-state index >= 15 is 0 Å². The number of benzene rings is 3. The van der Waals surface area contributed by atoms with Crippen molar-refractivity contribution in [2.45, 2.75) is 137 Å². The van der Waals surface area contributed by atoms with Gasteiger partial charge in [-0.25, -0.2) is 19.2 Å². The van der Waals surface area contributed by atoms with Gasteiger partial charge in [0.15, 0.2) is 52.6 Å². The third-order valence-electron chi connectivity index (χ3n) is 11.4. The molecule has 3 atom stereocenters. The summed E-state index contributed by atoms with van der Waals surface area (Å²) in [6, 6.07) is 6.34. The average molecular weight is 1050 g/mol. The number of ether oxygens (including phenoxy) is 9. The van der Waals surface area contributed by atoms with E-state index in [1.165, 1.54) is 18.2 Å². The maximum Gasteiger partial charge on any atom is 0.335 e. The quantitative estimate of drug-likeness (QED) is 0.0272. The topological polar surface area (TPSA) is 259 Å². The van der Waals surface area contributed by atoms with Crippen molar-refractivity contribution >= 4 is 41.6 Å². The van der Waals surface area contributed by atoms with Crippen molar-refractivity contribution in [3.8, 4) is 34.5 Å². The van der Waals surface area contributed by atoms with Gasteiger partial charge < -0.3 is 63.7 Å². The number of carbonyl (C=O) groups is 7. The van der Waals surface area contributed by atoms with E-state index < -0.39 is 79.5 Å². The number of amides is 3. The molecule has 3 aromatic rings. The van der Waals surface area contributed by atoms with Crippen LogP contribution >= 0.6 is 0 Å². The van der Waals surface area contributed by atoms with Crippen molar-refractivity contribution in [2.24, 2.45) is 0 Å². The highest BCUT2D eigenvalue weighted by Crippen LogP contribution is 2.36. The molecule has 1 aliphatic heterocycles. The number of hydrogen-bond donors (Lipinski definition) is 4. The molecule has 1 fully saturated rings. The first-order valence-corrected chi connectivity index (χ1v) is 26.2.